The number of rotatable bonds is 7. The number of oxazole rings is 1. The standard InChI is InChI=1S/C22H19ClFN5O5S2/c1-2-33-21(30)17-16-10-13(28-36(31,32)22-26-5-7-34-22)11-29(16)19(20-25-6-8-35-20)27-18(17)14-4-3-12(24)9-15(14)23/h3-9,13,18,28H,2,10-11H2,1H3/t13-,18-/m0/s1. The molecule has 2 atom stereocenters. The zero-order chi connectivity index (χ0) is 25.4. The van der Waals surface area contributed by atoms with E-state index in [-0.39, 0.29) is 30.2 Å². The lowest BCUT2D eigenvalue weighted by Crippen LogP contribution is -2.39. The molecule has 0 bridgehead atoms. The number of fused-ring (bicyclic) bond motifs is 1. The van der Waals surface area contributed by atoms with E-state index in [1.807, 2.05) is 0 Å². The van der Waals surface area contributed by atoms with E-state index < -0.39 is 39.1 Å². The van der Waals surface area contributed by atoms with Gasteiger partial charge in [0, 0.05) is 46.9 Å². The van der Waals surface area contributed by atoms with Gasteiger partial charge >= 0.3 is 11.2 Å². The number of sulfonamides is 1. The van der Waals surface area contributed by atoms with Gasteiger partial charge in [-0.05, 0) is 19.1 Å². The van der Waals surface area contributed by atoms with Crippen LogP contribution in [0.25, 0.3) is 0 Å². The number of carbonyl (C=O) groups excluding carboxylic acids is 1. The number of nitrogens with zero attached hydrogens (tertiary/aromatic N) is 4. The van der Waals surface area contributed by atoms with Crippen LogP contribution in [0.3, 0.4) is 0 Å². The Bertz CT molecular complexity index is 1460. The third-order valence-corrected chi connectivity index (χ3v) is 8.00. The third kappa shape index (κ3) is 4.54. The summed E-state index contributed by atoms with van der Waals surface area (Å²) < 4.78 is 52.2. The predicted molar refractivity (Wildman–Crippen MR) is 128 cm³/mol. The van der Waals surface area contributed by atoms with Crippen molar-refractivity contribution in [2.75, 3.05) is 13.2 Å². The van der Waals surface area contributed by atoms with E-state index in [1.165, 1.54) is 29.7 Å². The molecular formula is C22H19ClFN5O5S2. The van der Waals surface area contributed by atoms with E-state index in [0.29, 0.717) is 22.1 Å². The molecule has 36 heavy (non-hydrogen) atoms. The first-order chi connectivity index (χ1) is 17.3. The number of halogens is 2. The maximum Gasteiger partial charge on any atom is 0.338 e. The van der Waals surface area contributed by atoms with E-state index in [2.05, 4.69) is 14.7 Å². The Kier molecular flexibility index (Phi) is 6.64. The SMILES string of the molecule is CCOC(=O)C1=C2C[C@H](NS(=O)(=O)c3ncco3)CN2C(c2nccs2)=N[C@H]1c1ccc(F)cc1Cl. The minimum Gasteiger partial charge on any atom is -0.463 e. The average molecular weight is 552 g/mol. The molecule has 0 radical (unpaired) electrons. The number of hydrogen-bond donors (Lipinski definition) is 1. The van der Waals surface area contributed by atoms with Crippen LogP contribution in [0.1, 0.15) is 30.0 Å². The summed E-state index contributed by atoms with van der Waals surface area (Å²) in [5.41, 5.74) is 1.12. The van der Waals surface area contributed by atoms with Crippen LogP contribution in [0.15, 0.2) is 68.1 Å². The first-order valence-electron chi connectivity index (χ1n) is 10.8. The van der Waals surface area contributed by atoms with Crippen LogP contribution in [-0.4, -0.2) is 54.3 Å². The fourth-order valence-corrected chi connectivity index (χ4v) is 6.20. The normalized spacial score (nSPS) is 19.9. The summed E-state index contributed by atoms with van der Waals surface area (Å²) in [4.78, 5) is 27.8. The molecule has 1 N–H and O–H groups in total. The van der Waals surface area contributed by atoms with Crippen molar-refractivity contribution in [2.45, 2.75) is 30.7 Å². The highest BCUT2D eigenvalue weighted by molar-refractivity contribution is 7.89. The summed E-state index contributed by atoms with van der Waals surface area (Å²) >= 11 is 7.71. The Morgan fingerprint density at radius 1 is 1.36 bits per heavy atom. The molecule has 3 aromatic rings. The van der Waals surface area contributed by atoms with E-state index in [9.17, 15) is 17.6 Å². The monoisotopic (exact) mass is 551 g/mol. The van der Waals surface area contributed by atoms with Crippen LogP contribution in [0.4, 0.5) is 4.39 Å². The molecule has 1 fully saturated rings. The Morgan fingerprint density at radius 3 is 2.86 bits per heavy atom. The fraction of sp³-hybridized carbons (Fsp3) is 0.273. The van der Waals surface area contributed by atoms with E-state index in [0.717, 1.165) is 12.3 Å². The molecule has 2 aliphatic rings. The van der Waals surface area contributed by atoms with Crippen molar-refractivity contribution in [1.29, 1.82) is 0 Å². The van der Waals surface area contributed by atoms with Gasteiger partial charge in [-0.2, -0.15) is 0 Å². The summed E-state index contributed by atoms with van der Waals surface area (Å²) in [6.07, 6.45) is 4.16. The molecule has 2 aromatic heterocycles. The average Bonchev–Trinajstić information content (AvgIpc) is 3.59. The minimum atomic E-state index is -4.05. The van der Waals surface area contributed by atoms with E-state index in [1.54, 1.807) is 23.4 Å². The number of nitrogens with one attached hydrogen (secondary N) is 1. The number of benzene rings is 1. The zero-order valence-corrected chi connectivity index (χ0v) is 21.1. The molecule has 0 amide bonds. The number of aromatic nitrogens is 2. The van der Waals surface area contributed by atoms with Crippen LogP contribution < -0.4 is 4.72 Å². The highest BCUT2D eigenvalue weighted by Crippen LogP contribution is 2.42. The number of ether oxygens (including phenoxy) is 1. The van der Waals surface area contributed by atoms with Crippen molar-refractivity contribution < 1.29 is 26.8 Å². The van der Waals surface area contributed by atoms with Crippen LogP contribution in [0.2, 0.25) is 5.02 Å². The molecule has 10 nitrogen and oxygen atoms in total. The zero-order valence-electron chi connectivity index (χ0n) is 18.7. The Hall–Kier alpha value is -3.13. The minimum absolute atomic E-state index is 0.0947. The van der Waals surface area contributed by atoms with Gasteiger partial charge in [0.15, 0.2) is 10.8 Å². The van der Waals surface area contributed by atoms with E-state index >= 15 is 0 Å². The summed E-state index contributed by atoms with van der Waals surface area (Å²) in [6.45, 7) is 1.96. The van der Waals surface area contributed by atoms with Crippen molar-refractivity contribution in [3.8, 4) is 0 Å². The molecule has 0 unspecified atom stereocenters. The quantitative estimate of drug-likeness (QED) is 0.443. The largest absolute Gasteiger partial charge is 0.463 e. The third-order valence-electron chi connectivity index (χ3n) is 5.60. The first-order valence-corrected chi connectivity index (χ1v) is 13.5. The molecular weight excluding hydrogens is 533 g/mol. The summed E-state index contributed by atoms with van der Waals surface area (Å²) in [5.74, 6) is -0.713. The van der Waals surface area contributed by atoms with Gasteiger partial charge < -0.3 is 14.1 Å². The van der Waals surface area contributed by atoms with Crippen molar-refractivity contribution in [3.63, 3.8) is 0 Å². The molecule has 0 aliphatic carbocycles. The Morgan fingerprint density at radius 2 is 2.19 bits per heavy atom. The molecule has 0 saturated carbocycles. The van der Waals surface area contributed by atoms with Crippen molar-refractivity contribution >= 4 is 44.8 Å². The van der Waals surface area contributed by atoms with Crippen molar-refractivity contribution in [2.24, 2.45) is 4.99 Å². The summed E-state index contributed by atoms with van der Waals surface area (Å²) in [6, 6.07) is 2.30. The van der Waals surface area contributed by atoms with Crippen molar-refractivity contribution in [3.05, 3.63) is 74.9 Å². The van der Waals surface area contributed by atoms with Gasteiger partial charge in [0.2, 0.25) is 0 Å². The smallest absolute Gasteiger partial charge is 0.338 e. The lowest BCUT2D eigenvalue weighted by molar-refractivity contribution is -0.139. The van der Waals surface area contributed by atoms with Crippen LogP contribution >= 0.6 is 22.9 Å². The molecule has 1 aromatic carbocycles. The second kappa shape index (κ2) is 9.73. The number of amidine groups is 1. The molecule has 4 heterocycles. The molecule has 14 heteroatoms. The predicted octanol–water partition coefficient (Wildman–Crippen LogP) is 3.30. The van der Waals surface area contributed by atoms with Gasteiger partial charge in [-0.25, -0.2) is 32.3 Å². The van der Waals surface area contributed by atoms with E-state index in [4.69, 9.17) is 25.7 Å². The number of carbonyl (C=O) groups is 1. The number of hydrogen-bond acceptors (Lipinski definition) is 10. The second-order valence-corrected chi connectivity index (χ2v) is 10.8. The number of aliphatic imine (C=N–C) groups is 1. The lowest BCUT2D eigenvalue weighted by atomic mass is 9.94. The number of thiazole rings is 1. The molecule has 2 aliphatic heterocycles. The van der Waals surface area contributed by atoms with Crippen LogP contribution in [-0.2, 0) is 19.6 Å². The Balaban J connectivity index is 1.62. The summed E-state index contributed by atoms with van der Waals surface area (Å²) in [5, 5.41) is 1.98. The van der Waals surface area contributed by atoms with Gasteiger partial charge in [0.1, 0.15) is 18.1 Å². The topological polar surface area (TPSA) is 127 Å². The second-order valence-electron chi connectivity index (χ2n) is 7.87. The van der Waals surface area contributed by atoms with Gasteiger partial charge in [-0.15, -0.1) is 11.3 Å². The van der Waals surface area contributed by atoms with Crippen LogP contribution in [0, 0.1) is 5.82 Å². The first kappa shape index (κ1) is 24.6. The van der Waals surface area contributed by atoms with Crippen molar-refractivity contribution in [1.82, 2.24) is 19.6 Å². The molecule has 1 saturated heterocycles. The lowest BCUT2D eigenvalue weighted by Gasteiger charge is -2.31. The van der Waals surface area contributed by atoms with Gasteiger partial charge in [0.25, 0.3) is 10.0 Å². The highest BCUT2D eigenvalue weighted by Gasteiger charge is 2.43. The van der Waals surface area contributed by atoms with Gasteiger partial charge in [-0.3, -0.25) is 4.99 Å². The molecule has 0 spiro atoms. The molecule has 188 valence electrons. The molecule has 5 rings (SSSR count). The maximum atomic E-state index is 13.8. The fourth-order valence-electron chi connectivity index (χ4n) is 4.21. The van der Waals surface area contributed by atoms with Gasteiger partial charge in [0.05, 0.1) is 18.4 Å². The maximum absolute atomic E-state index is 13.8. The van der Waals surface area contributed by atoms with Crippen LogP contribution in [0.5, 0.6) is 0 Å². The van der Waals surface area contributed by atoms with Gasteiger partial charge in [-0.1, -0.05) is 17.7 Å². The highest BCUT2D eigenvalue weighted by atomic mass is 35.5. The Labute approximate surface area is 214 Å². The summed E-state index contributed by atoms with van der Waals surface area (Å²) in [7, 11) is -4.05. The number of esters is 1.